The number of alkyl halides is 7. The predicted molar refractivity (Wildman–Crippen MR) is 68.6 cm³/mol. The summed E-state index contributed by atoms with van der Waals surface area (Å²) in [7, 11) is 0. The maximum atomic E-state index is 14.3. The van der Waals surface area contributed by atoms with Crippen LogP contribution in [0.5, 0.6) is 0 Å². The summed E-state index contributed by atoms with van der Waals surface area (Å²) in [5, 5.41) is 3.40. The van der Waals surface area contributed by atoms with Crippen molar-refractivity contribution >= 4 is 0 Å². The molecular formula is C14H17F7N2. The quantitative estimate of drug-likeness (QED) is 0.670. The van der Waals surface area contributed by atoms with E-state index >= 15 is 0 Å². The molecule has 23 heavy (non-hydrogen) atoms. The minimum Gasteiger partial charge on any atom is -0.266 e. The average Bonchev–Trinajstić information content (AvgIpc) is 2.74. The van der Waals surface area contributed by atoms with E-state index in [1.807, 2.05) is 0 Å². The fraction of sp³-hybridized carbons (Fsp3) is 0.786. The Bertz CT molecular complexity index is 559. The van der Waals surface area contributed by atoms with E-state index in [2.05, 4.69) is 5.10 Å². The first-order valence-corrected chi connectivity index (χ1v) is 7.30. The van der Waals surface area contributed by atoms with E-state index in [1.54, 1.807) is 13.8 Å². The number of hydrogen-bond donors (Lipinski definition) is 0. The third-order valence-electron chi connectivity index (χ3n) is 4.31. The third kappa shape index (κ3) is 3.80. The number of hydrogen-bond acceptors (Lipinski definition) is 1. The van der Waals surface area contributed by atoms with Crippen LogP contribution in [-0.4, -0.2) is 16.0 Å². The van der Waals surface area contributed by atoms with Crippen molar-refractivity contribution in [2.75, 3.05) is 0 Å². The molecule has 0 saturated heterocycles. The summed E-state index contributed by atoms with van der Waals surface area (Å²) in [4.78, 5) is 0. The normalized spacial score (nSPS) is 25.5. The fourth-order valence-corrected chi connectivity index (χ4v) is 3.00. The molecule has 2 nitrogen and oxygen atoms in total. The van der Waals surface area contributed by atoms with E-state index in [0.29, 0.717) is 0 Å². The highest BCUT2D eigenvalue weighted by Gasteiger charge is 2.45. The van der Waals surface area contributed by atoms with Crippen molar-refractivity contribution in [2.24, 2.45) is 5.92 Å². The van der Waals surface area contributed by atoms with E-state index in [1.165, 1.54) is 0 Å². The van der Waals surface area contributed by atoms with Crippen LogP contribution in [0.25, 0.3) is 0 Å². The van der Waals surface area contributed by atoms with Crippen molar-refractivity contribution in [3.05, 3.63) is 17.0 Å². The van der Waals surface area contributed by atoms with Gasteiger partial charge < -0.3 is 0 Å². The van der Waals surface area contributed by atoms with Gasteiger partial charge in [0.15, 0.2) is 5.69 Å². The largest absolute Gasteiger partial charge is 0.435 e. The molecule has 1 heterocycles. The van der Waals surface area contributed by atoms with Gasteiger partial charge in [-0.1, -0.05) is 13.8 Å². The molecule has 2 rings (SSSR count). The molecule has 1 aliphatic carbocycles. The highest BCUT2D eigenvalue weighted by atomic mass is 19.4. The van der Waals surface area contributed by atoms with E-state index in [9.17, 15) is 30.7 Å². The summed E-state index contributed by atoms with van der Waals surface area (Å²) >= 11 is 0. The average molecular weight is 346 g/mol. The molecule has 0 aliphatic heterocycles. The minimum atomic E-state index is -4.76. The lowest BCUT2D eigenvalue weighted by molar-refractivity contribution is -0.143. The van der Waals surface area contributed by atoms with Crippen LogP contribution >= 0.6 is 0 Å². The molecular weight excluding hydrogens is 329 g/mol. The van der Waals surface area contributed by atoms with Gasteiger partial charge in [0, 0.05) is 18.5 Å². The van der Waals surface area contributed by atoms with Crippen molar-refractivity contribution < 1.29 is 30.7 Å². The summed E-state index contributed by atoms with van der Waals surface area (Å²) < 4.78 is 91.1. The van der Waals surface area contributed by atoms with Crippen LogP contribution in [0, 0.1) is 5.92 Å². The molecule has 0 saturated carbocycles. The zero-order valence-corrected chi connectivity index (χ0v) is 12.6. The molecule has 0 fully saturated rings. The molecule has 0 bridgehead atoms. The van der Waals surface area contributed by atoms with Crippen LogP contribution in [0.2, 0.25) is 0 Å². The van der Waals surface area contributed by atoms with E-state index in [4.69, 9.17) is 0 Å². The van der Waals surface area contributed by atoms with Crippen LogP contribution in [0.1, 0.15) is 62.2 Å². The second kappa shape index (κ2) is 5.98. The Balaban J connectivity index is 2.39. The molecule has 0 N–H and O–H groups in total. The number of aryl methyl sites for hydroxylation is 1. The lowest BCUT2D eigenvalue weighted by atomic mass is 9.78. The Labute approximate surface area is 128 Å². The number of nitrogens with zero attached hydrogens (tertiary/aromatic N) is 2. The Morgan fingerprint density at radius 3 is 2.26 bits per heavy atom. The molecule has 0 amide bonds. The molecule has 9 heteroatoms. The van der Waals surface area contributed by atoms with Gasteiger partial charge in [-0.2, -0.15) is 31.4 Å². The molecule has 1 aromatic rings. The van der Waals surface area contributed by atoms with E-state index in [-0.39, 0.29) is 30.1 Å². The second-order valence-electron chi connectivity index (χ2n) is 6.06. The Hall–Kier alpha value is -1.28. The van der Waals surface area contributed by atoms with E-state index in [0.717, 1.165) is 4.68 Å². The molecule has 3 unspecified atom stereocenters. The van der Waals surface area contributed by atoms with Gasteiger partial charge in [0.1, 0.15) is 6.17 Å². The SMILES string of the molecule is CC1CC(F)c2c(c(C(F)(F)F)nn2CCCC(F)(F)F)C1C. The highest BCUT2D eigenvalue weighted by Crippen LogP contribution is 2.48. The van der Waals surface area contributed by atoms with Crippen LogP contribution in [0.3, 0.4) is 0 Å². The summed E-state index contributed by atoms with van der Waals surface area (Å²) in [5.41, 5.74) is -1.61. The van der Waals surface area contributed by atoms with Crippen molar-refractivity contribution in [3.8, 4) is 0 Å². The maximum Gasteiger partial charge on any atom is 0.435 e. The highest BCUT2D eigenvalue weighted by molar-refractivity contribution is 5.36. The van der Waals surface area contributed by atoms with Crippen LogP contribution in [0.4, 0.5) is 30.7 Å². The molecule has 132 valence electrons. The number of aromatic nitrogens is 2. The molecule has 0 radical (unpaired) electrons. The van der Waals surface area contributed by atoms with Crippen LogP contribution in [0.15, 0.2) is 0 Å². The molecule has 0 spiro atoms. The topological polar surface area (TPSA) is 17.8 Å². The van der Waals surface area contributed by atoms with Gasteiger partial charge in [-0.15, -0.1) is 0 Å². The summed E-state index contributed by atoms with van der Waals surface area (Å²) in [5.74, 6) is -0.851. The van der Waals surface area contributed by atoms with Crippen molar-refractivity contribution in [1.82, 2.24) is 9.78 Å². The third-order valence-corrected chi connectivity index (χ3v) is 4.31. The van der Waals surface area contributed by atoms with Crippen molar-refractivity contribution in [1.29, 1.82) is 0 Å². The van der Waals surface area contributed by atoms with Gasteiger partial charge in [-0.3, -0.25) is 4.68 Å². The monoisotopic (exact) mass is 346 g/mol. The maximum absolute atomic E-state index is 14.3. The zero-order chi connectivity index (χ0) is 17.6. The minimum absolute atomic E-state index is 0.0381. The van der Waals surface area contributed by atoms with Gasteiger partial charge in [0.25, 0.3) is 0 Å². The standard InChI is InChI=1S/C14H17F7N2/c1-7-6-9(15)11-10(8(7)2)12(14(19,20)21)22-23(11)5-3-4-13(16,17)18/h7-9H,3-6H2,1-2H3. The van der Waals surface area contributed by atoms with E-state index < -0.39 is 43.0 Å². The number of rotatable bonds is 3. The zero-order valence-electron chi connectivity index (χ0n) is 12.6. The molecule has 1 aromatic heterocycles. The summed E-state index contributed by atoms with van der Waals surface area (Å²) in [6.45, 7) is 2.83. The fourth-order valence-electron chi connectivity index (χ4n) is 3.00. The lowest BCUT2D eigenvalue weighted by Crippen LogP contribution is -2.22. The Kier molecular flexibility index (Phi) is 4.69. The van der Waals surface area contributed by atoms with Gasteiger partial charge in [-0.25, -0.2) is 4.39 Å². The first-order chi connectivity index (χ1) is 10.4. The van der Waals surface area contributed by atoms with Crippen LogP contribution < -0.4 is 0 Å². The van der Waals surface area contributed by atoms with Gasteiger partial charge in [0.05, 0.1) is 5.69 Å². The smallest absolute Gasteiger partial charge is 0.266 e. The second-order valence-corrected chi connectivity index (χ2v) is 6.06. The van der Waals surface area contributed by atoms with Crippen molar-refractivity contribution in [3.63, 3.8) is 0 Å². The van der Waals surface area contributed by atoms with Crippen molar-refractivity contribution in [2.45, 2.75) is 64.1 Å². The molecule has 1 aliphatic rings. The Morgan fingerprint density at radius 2 is 1.74 bits per heavy atom. The predicted octanol–water partition coefficient (Wildman–Crippen LogP) is 5.40. The number of fused-ring (bicyclic) bond motifs is 1. The number of halogens is 7. The van der Waals surface area contributed by atoms with Gasteiger partial charge in [0.2, 0.25) is 0 Å². The summed E-state index contributed by atoms with van der Waals surface area (Å²) in [6.07, 6.45) is -12.4. The van der Waals surface area contributed by atoms with Gasteiger partial charge in [-0.05, 0) is 24.7 Å². The molecule has 0 aromatic carbocycles. The van der Waals surface area contributed by atoms with Gasteiger partial charge >= 0.3 is 12.4 Å². The summed E-state index contributed by atoms with van der Waals surface area (Å²) in [6, 6.07) is 0. The first kappa shape index (κ1) is 18.1. The first-order valence-electron chi connectivity index (χ1n) is 7.30. The molecule has 3 atom stereocenters. The van der Waals surface area contributed by atoms with Crippen LogP contribution in [-0.2, 0) is 12.7 Å². The lowest BCUT2D eigenvalue weighted by Gasteiger charge is -2.29. The Morgan fingerprint density at radius 1 is 1.13 bits per heavy atom.